The van der Waals surface area contributed by atoms with E-state index >= 15 is 0 Å². The van der Waals surface area contributed by atoms with Crippen LogP contribution in [0.5, 0.6) is 0 Å². The molecule has 1 nitrogen and oxygen atoms in total. The highest BCUT2D eigenvalue weighted by Crippen LogP contribution is 2.75. The molecule has 3 rings (SSSR count). The zero-order valence-electron chi connectivity index (χ0n) is 10.7. The third-order valence-corrected chi connectivity index (χ3v) is 6.65. The molecule has 88 valence electrons. The maximum absolute atomic E-state index is 12.7. The zero-order chi connectivity index (χ0) is 11.8. The third-order valence-electron chi connectivity index (χ3n) is 6.65. The van der Waals surface area contributed by atoms with Crippen LogP contribution in [0, 0.1) is 22.2 Å². The van der Waals surface area contributed by atoms with Crippen molar-refractivity contribution in [2.75, 3.05) is 0 Å². The molecule has 2 bridgehead atoms. The first-order chi connectivity index (χ1) is 7.37. The molecular weight excluding hydrogens is 196 g/mol. The second-order valence-electron chi connectivity index (χ2n) is 6.89. The molecule has 16 heavy (non-hydrogen) atoms. The summed E-state index contributed by atoms with van der Waals surface area (Å²) in [4.78, 5) is 12.7. The van der Waals surface area contributed by atoms with E-state index in [9.17, 15) is 4.79 Å². The number of rotatable bonds is 0. The van der Waals surface area contributed by atoms with Gasteiger partial charge in [-0.05, 0) is 36.5 Å². The monoisotopic (exact) mass is 218 g/mol. The molecule has 3 fully saturated rings. The molecule has 0 heterocycles. The van der Waals surface area contributed by atoms with Crippen molar-refractivity contribution in [1.82, 2.24) is 0 Å². The number of ketones is 1. The molecule has 0 amide bonds. The lowest BCUT2D eigenvalue weighted by Crippen LogP contribution is -2.40. The fourth-order valence-electron chi connectivity index (χ4n) is 5.21. The van der Waals surface area contributed by atoms with Crippen molar-refractivity contribution in [1.29, 1.82) is 0 Å². The highest BCUT2D eigenvalue weighted by molar-refractivity contribution is 5.95. The van der Waals surface area contributed by atoms with Crippen LogP contribution < -0.4 is 0 Å². The Hall–Kier alpha value is -0.590. The third kappa shape index (κ3) is 0.781. The fourth-order valence-corrected chi connectivity index (χ4v) is 5.21. The number of allylic oxidation sites excluding steroid dienone is 1. The molecule has 0 aromatic rings. The van der Waals surface area contributed by atoms with E-state index in [4.69, 9.17) is 0 Å². The van der Waals surface area contributed by atoms with Gasteiger partial charge in [0, 0.05) is 11.3 Å². The van der Waals surface area contributed by atoms with Gasteiger partial charge in [0.25, 0.3) is 0 Å². The lowest BCUT2D eigenvalue weighted by Gasteiger charge is -2.43. The SMILES string of the molecule is C=C1CC[C@]2(C)C(=O)[C@H]1[C@]1(C)CCC[C@@]12C. The number of carbonyl (C=O) groups is 1. The van der Waals surface area contributed by atoms with E-state index in [1.54, 1.807) is 0 Å². The summed E-state index contributed by atoms with van der Waals surface area (Å²) in [5, 5.41) is 0. The first-order valence-electron chi connectivity index (χ1n) is 6.59. The average molecular weight is 218 g/mol. The molecule has 3 aliphatic rings. The van der Waals surface area contributed by atoms with Crippen LogP contribution in [0.2, 0.25) is 0 Å². The van der Waals surface area contributed by atoms with Crippen molar-refractivity contribution in [2.24, 2.45) is 22.2 Å². The number of Topliss-reactive ketones (excluding diaryl/α,β-unsaturated/α-hetero) is 1. The van der Waals surface area contributed by atoms with E-state index in [-0.39, 0.29) is 22.2 Å². The van der Waals surface area contributed by atoms with Gasteiger partial charge in [0.1, 0.15) is 5.78 Å². The van der Waals surface area contributed by atoms with E-state index in [2.05, 4.69) is 27.4 Å². The van der Waals surface area contributed by atoms with E-state index < -0.39 is 0 Å². The summed E-state index contributed by atoms with van der Waals surface area (Å²) in [5.41, 5.74) is 1.58. The van der Waals surface area contributed by atoms with Crippen molar-refractivity contribution < 1.29 is 4.79 Å². The molecule has 3 aliphatic carbocycles. The number of hydrogen-bond donors (Lipinski definition) is 0. The second kappa shape index (κ2) is 2.63. The van der Waals surface area contributed by atoms with Crippen molar-refractivity contribution in [3.63, 3.8) is 0 Å². The van der Waals surface area contributed by atoms with E-state index in [1.807, 2.05) is 0 Å². The van der Waals surface area contributed by atoms with E-state index in [1.165, 1.54) is 24.8 Å². The summed E-state index contributed by atoms with van der Waals surface area (Å²) in [5.74, 6) is 0.673. The largest absolute Gasteiger partial charge is 0.298 e. The van der Waals surface area contributed by atoms with Gasteiger partial charge in [0.05, 0.1) is 0 Å². The summed E-state index contributed by atoms with van der Waals surface area (Å²) >= 11 is 0. The van der Waals surface area contributed by atoms with Gasteiger partial charge in [-0.3, -0.25) is 4.79 Å². The Kier molecular flexibility index (Phi) is 1.73. The molecule has 4 atom stereocenters. The summed E-state index contributed by atoms with van der Waals surface area (Å²) in [7, 11) is 0. The van der Waals surface area contributed by atoms with Crippen LogP contribution in [0.4, 0.5) is 0 Å². The van der Waals surface area contributed by atoms with Crippen LogP contribution in [0.25, 0.3) is 0 Å². The van der Waals surface area contributed by atoms with Gasteiger partial charge in [-0.2, -0.15) is 0 Å². The maximum Gasteiger partial charge on any atom is 0.146 e. The smallest absolute Gasteiger partial charge is 0.146 e. The van der Waals surface area contributed by atoms with Crippen molar-refractivity contribution >= 4 is 5.78 Å². The number of fused-ring (bicyclic) bond motifs is 5. The molecular formula is C15H22O. The number of hydrogen-bond acceptors (Lipinski definition) is 1. The molecule has 0 aromatic carbocycles. The van der Waals surface area contributed by atoms with Crippen LogP contribution in [-0.4, -0.2) is 5.78 Å². The molecule has 0 radical (unpaired) electrons. The quantitative estimate of drug-likeness (QED) is 0.566. The van der Waals surface area contributed by atoms with Gasteiger partial charge in [-0.15, -0.1) is 0 Å². The summed E-state index contributed by atoms with van der Waals surface area (Å²) < 4.78 is 0. The van der Waals surface area contributed by atoms with Crippen molar-refractivity contribution in [2.45, 2.75) is 52.9 Å². The fraction of sp³-hybridized carbons (Fsp3) is 0.800. The Balaban J connectivity index is 2.25. The van der Waals surface area contributed by atoms with Crippen LogP contribution in [0.1, 0.15) is 52.9 Å². The molecule has 0 spiro atoms. The van der Waals surface area contributed by atoms with Crippen molar-refractivity contribution in [3.8, 4) is 0 Å². The highest BCUT2D eigenvalue weighted by Gasteiger charge is 2.73. The Morgan fingerprint density at radius 3 is 2.56 bits per heavy atom. The molecule has 0 aliphatic heterocycles. The topological polar surface area (TPSA) is 17.1 Å². The zero-order valence-corrected chi connectivity index (χ0v) is 10.7. The molecule has 0 N–H and O–H groups in total. The van der Waals surface area contributed by atoms with Gasteiger partial charge >= 0.3 is 0 Å². The predicted molar refractivity (Wildman–Crippen MR) is 65.0 cm³/mol. The van der Waals surface area contributed by atoms with Crippen LogP contribution in [0.3, 0.4) is 0 Å². The first-order valence-corrected chi connectivity index (χ1v) is 6.59. The van der Waals surface area contributed by atoms with Gasteiger partial charge in [-0.25, -0.2) is 0 Å². The average Bonchev–Trinajstić information content (AvgIpc) is 2.55. The Morgan fingerprint density at radius 1 is 1.19 bits per heavy atom. The van der Waals surface area contributed by atoms with Crippen LogP contribution in [0.15, 0.2) is 12.2 Å². The summed E-state index contributed by atoms with van der Waals surface area (Å²) in [6.45, 7) is 11.1. The normalized spacial score (nSPS) is 55.6. The van der Waals surface area contributed by atoms with Gasteiger partial charge in [-0.1, -0.05) is 39.3 Å². The minimum atomic E-state index is -0.0654. The molecule has 0 aromatic heterocycles. The molecule has 1 heteroatoms. The van der Waals surface area contributed by atoms with E-state index in [0.717, 1.165) is 12.8 Å². The minimum absolute atomic E-state index is 0.0654. The molecule has 0 saturated heterocycles. The lowest BCUT2D eigenvalue weighted by atomic mass is 9.59. The van der Waals surface area contributed by atoms with Crippen LogP contribution >= 0.6 is 0 Å². The second-order valence-corrected chi connectivity index (χ2v) is 6.89. The van der Waals surface area contributed by atoms with Gasteiger partial charge in [0.15, 0.2) is 0 Å². The highest BCUT2D eigenvalue weighted by atomic mass is 16.1. The van der Waals surface area contributed by atoms with Gasteiger partial charge in [0.2, 0.25) is 0 Å². The summed E-state index contributed by atoms with van der Waals surface area (Å²) in [6.07, 6.45) is 5.84. The summed E-state index contributed by atoms with van der Waals surface area (Å²) in [6, 6.07) is 0. The number of carbonyl (C=O) groups excluding carboxylic acids is 1. The first kappa shape index (κ1) is 10.6. The minimum Gasteiger partial charge on any atom is -0.298 e. The van der Waals surface area contributed by atoms with Gasteiger partial charge < -0.3 is 0 Å². The molecule has 3 saturated carbocycles. The maximum atomic E-state index is 12.7. The predicted octanol–water partition coefficient (Wildman–Crippen LogP) is 3.74. The lowest BCUT2D eigenvalue weighted by molar-refractivity contribution is -0.132. The standard InChI is InChI=1S/C15H22O/c1-10-6-9-14(3)12(16)11(10)13(2)7-5-8-15(13,14)4/h11H,1,5-9H2,2-4H3/t11-,13-,14+,15-/m0/s1. The molecule has 0 unspecified atom stereocenters. The Morgan fingerprint density at radius 2 is 1.88 bits per heavy atom. The van der Waals surface area contributed by atoms with Crippen LogP contribution in [-0.2, 0) is 4.79 Å². The van der Waals surface area contributed by atoms with Crippen molar-refractivity contribution in [3.05, 3.63) is 12.2 Å². The Labute approximate surface area is 98.3 Å². The Bertz CT molecular complexity index is 396. The van der Waals surface area contributed by atoms with E-state index in [0.29, 0.717) is 5.78 Å².